The van der Waals surface area contributed by atoms with Gasteiger partial charge in [-0.3, -0.25) is 4.98 Å². The minimum absolute atomic E-state index is 0. The molecule has 1 N–H and O–H groups in total. The van der Waals surface area contributed by atoms with Gasteiger partial charge in [0.25, 0.3) is 0 Å². The van der Waals surface area contributed by atoms with E-state index in [0.29, 0.717) is 0 Å². The van der Waals surface area contributed by atoms with Crippen molar-refractivity contribution < 1.29 is 53.8 Å². The summed E-state index contributed by atoms with van der Waals surface area (Å²) >= 11 is 0. The van der Waals surface area contributed by atoms with Crippen LogP contribution in [0.15, 0.2) is 12.4 Å². The third-order valence-electron chi connectivity index (χ3n) is 0.770. The van der Waals surface area contributed by atoms with E-state index in [4.69, 9.17) is 0 Å². The van der Waals surface area contributed by atoms with Crippen LogP contribution in [0.5, 0.6) is 0 Å². The molecule has 3 nitrogen and oxygen atoms in total. The first-order valence-corrected chi connectivity index (χ1v) is 2.29. The molecule has 0 bridgehead atoms. The first-order chi connectivity index (χ1) is 3.93. The molecule has 10 heavy (non-hydrogen) atoms. The Morgan fingerprint density at radius 2 is 2.30 bits per heavy atom. The van der Waals surface area contributed by atoms with Gasteiger partial charge in [0, 0.05) is 53.8 Å². The molecule has 51 valence electrons. The number of rotatable bonds is 1. The van der Waals surface area contributed by atoms with Crippen molar-refractivity contribution in [1.29, 1.82) is 0 Å². The summed E-state index contributed by atoms with van der Waals surface area (Å²) in [5, 5.41) is 2.82. The Morgan fingerprint density at radius 3 is 2.60 bits per heavy atom. The van der Waals surface area contributed by atoms with Gasteiger partial charge in [0.2, 0.25) is 0 Å². The van der Waals surface area contributed by atoms with Crippen LogP contribution >= 0.6 is 0 Å². The largest absolute Gasteiger partial charge is 0.448 e. The SMILES string of the molecule is CNc1cnc[c-]n1.[W].[Y]. The molecule has 5 heteroatoms. The standard InChI is InChI=1S/C5H6N3.W.Y/c1-6-5-4-7-2-3-8-5;;/h2,4H,1H3,(H,6,8);;/q-1;;. The van der Waals surface area contributed by atoms with Crippen LogP contribution in [-0.2, 0) is 53.8 Å². The molecule has 1 aromatic rings. The van der Waals surface area contributed by atoms with E-state index in [-0.39, 0.29) is 53.8 Å². The Morgan fingerprint density at radius 1 is 1.60 bits per heavy atom. The molecule has 1 aromatic heterocycles. The van der Waals surface area contributed by atoms with Crippen LogP contribution in [0.1, 0.15) is 0 Å². The Bertz CT molecular complexity index is 158. The van der Waals surface area contributed by atoms with Crippen LogP contribution in [0, 0.1) is 6.20 Å². The number of aromatic nitrogens is 2. The van der Waals surface area contributed by atoms with Crippen LogP contribution in [0.4, 0.5) is 5.82 Å². The van der Waals surface area contributed by atoms with E-state index in [0.717, 1.165) is 5.82 Å². The number of hydrogen-bond donors (Lipinski definition) is 1. The van der Waals surface area contributed by atoms with Crippen LogP contribution in [0.2, 0.25) is 0 Å². The first kappa shape index (κ1) is 13.3. The maximum absolute atomic E-state index is 3.80. The van der Waals surface area contributed by atoms with E-state index in [1.807, 2.05) is 0 Å². The van der Waals surface area contributed by atoms with Crippen molar-refractivity contribution in [3.8, 4) is 0 Å². The van der Waals surface area contributed by atoms with Gasteiger partial charge in [-0.2, -0.15) is 0 Å². The van der Waals surface area contributed by atoms with Crippen molar-refractivity contribution in [1.82, 2.24) is 9.97 Å². The second kappa shape index (κ2) is 7.78. The summed E-state index contributed by atoms with van der Waals surface area (Å²) in [7, 11) is 1.79. The van der Waals surface area contributed by atoms with Gasteiger partial charge in [-0.1, -0.05) is 0 Å². The van der Waals surface area contributed by atoms with Gasteiger partial charge < -0.3 is 10.3 Å². The predicted octanol–water partition coefficient (Wildman–Crippen LogP) is 0.313. The van der Waals surface area contributed by atoms with E-state index >= 15 is 0 Å². The third-order valence-corrected chi connectivity index (χ3v) is 0.770. The van der Waals surface area contributed by atoms with Crippen LogP contribution in [0.25, 0.3) is 0 Å². The smallest absolute Gasteiger partial charge is 0 e. The van der Waals surface area contributed by atoms with Crippen molar-refractivity contribution in [2.75, 3.05) is 12.4 Å². The van der Waals surface area contributed by atoms with Gasteiger partial charge in [0.1, 0.15) is 0 Å². The van der Waals surface area contributed by atoms with E-state index in [1.54, 1.807) is 13.2 Å². The quantitative estimate of drug-likeness (QED) is 0.713. The van der Waals surface area contributed by atoms with Gasteiger partial charge in [0.05, 0.1) is 0 Å². The first-order valence-electron chi connectivity index (χ1n) is 2.29. The fourth-order valence-electron chi connectivity index (χ4n) is 0.389. The van der Waals surface area contributed by atoms with Crippen LogP contribution in [-0.4, -0.2) is 17.0 Å². The van der Waals surface area contributed by atoms with Crippen molar-refractivity contribution >= 4 is 5.82 Å². The van der Waals surface area contributed by atoms with E-state index in [9.17, 15) is 0 Å². The molecule has 0 aliphatic carbocycles. The Labute approximate surface area is 99.6 Å². The minimum atomic E-state index is 0. The van der Waals surface area contributed by atoms with Crippen molar-refractivity contribution in [2.45, 2.75) is 0 Å². The molecule has 1 radical (unpaired) electrons. The molecule has 0 aliphatic rings. The van der Waals surface area contributed by atoms with E-state index in [1.165, 1.54) is 6.20 Å². The molecule has 0 aromatic carbocycles. The molecule has 0 fully saturated rings. The Hall–Kier alpha value is 0.672. The topological polar surface area (TPSA) is 37.8 Å². The molecule has 1 rings (SSSR count). The monoisotopic (exact) mass is 381 g/mol. The van der Waals surface area contributed by atoms with Gasteiger partial charge in [-0.05, 0) is 25.3 Å². The number of anilines is 1. The molecule has 0 spiro atoms. The second-order valence-electron chi connectivity index (χ2n) is 1.28. The molecule has 0 unspecified atom stereocenters. The number of nitrogens with zero attached hydrogens (tertiary/aromatic N) is 2. The molecular formula is C5H6N3WY-. The number of nitrogens with one attached hydrogen (secondary N) is 1. The van der Waals surface area contributed by atoms with E-state index < -0.39 is 0 Å². The maximum Gasteiger partial charge on any atom is 0 e. The summed E-state index contributed by atoms with van der Waals surface area (Å²) in [6.07, 6.45) is 5.74. The fourth-order valence-corrected chi connectivity index (χ4v) is 0.389. The van der Waals surface area contributed by atoms with Crippen molar-refractivity contribution in [3.63, 3.8) is 0 Å². The Balaban J connectivity index is 0. The summed E-state index contributed by atoms with van der Waals surface area (Å²) < 4.78 is 0. The zero-order valence-corrected chi connectivity index (χ0v) is 11.3. The van der Waals surface area contributed by atoms with Crippen LogP contribution < -0.4 is 5.32 Å². The summed E-state index contributed by atoms with van der Waals surface area (Å²) in [5.41, 5.74) is 0. The third kappa shape index (κ3) is 4.48. The fraction of sp³-hybridized carbons (Fsp3) is 0.200. The van der Waals surface area contributed by atoms with Gasteiger partial charge in [-0.25, -0.2) is 0 Å². The zero-order valence-electron chi connectivity index (χ0n) is 5.53. The zero-order chi connectivity index (χ0) is 5.82. The minimum Gasteiger partial charge on any atom is -0.448 e. The summed E-state index contributed by atoms with van der Waals surface area (Å²) in [6.45, 7) is 0. The maximum atomic E-state index is 3.80. The molecule has 1 heterocycles. The average Bonchev–Trinajstić information content (AvgIpc) is 1.90. The van der Waals surface area contributed by atoms with Crippen LogP contribution in [0.3, 0.4) is 0 Å². The van der Waals surface area contributed by atoms with Gasteiger partial charge >= 0.3 is 0 Å². The molecule has 0 amide bonds. The average molecular weight is 381 g/mol. The van der Waals surface area contributed by atoms with E-state index in [2.05, 4.69) is 21.5 Å². The summed E-state index contributed by atoms with van der Waals surface area (Å²) in [6, 6.07) is 0. The Kier molecular flexibility index (Phi) is 10.3. The normalized spacial score (nSPS) is 6.90. The van der Waals surface area contributed by atoms with Gasteiger partial charge in [-0.15, -0.1) is 6.20 Å². The summed E-state index contributed by atoms with van der Waals surface area (Å²) in [5.74, 6) is 0.743. The van der Waals surface area contributed by atoms with Gasteiger partial charge in [0.15, 0.2) is 0 Å². The summed E-state index contributed by atoms with van der Waals surface area (Å²) in [4.78, 5) is 7.57. The second-order valence-corrected chi connectivity index (χ2v) is 1.28. The molecule has 0 saturated carbocycles. The molecule has 0 aliphatic heterocycles. The molecule has 0 saturated heterocycles. The molecular weight excluding hydrogens is 375 g/mol. The van der Waals surface area contributed by atoms with Crippen molar-refractivity contribution in [2.24, 2.45) is 0 Å². The number of hydrogen-bond acceptors (Lipinski definition) is 3. The predicted molar refractivity (Wildman–Crippen MR) is 30.4 cm³/mol. The molecule has 0 atom stereocenters. The van der Waals surface area contributed by atoms with Crippen molar-refractivity contribution in [3.05, 3.63) is 18.6 Å².